The molecule has 0 aromatic heterocycles. The smallest absolute Gasteiger partial charge is 0.399 e. The summed E-state index contributed by atoms with van der Waals surface area (Å²) in [6, 6.07) is 8.90. The van der Waals surface area contributed by atoms with Crippen molar-refractivity contribution in [1.29, 1.82) is 0 Å². The van der Waals surface area contributed by atoms with Gasteiger partial charge in [-0.3, -0.25) is 4.79 Å². The van der Waals surface area contributed by atoms with Crippen LogP contribution in [0.5, 0.6) is 0 Å². The molecule has 3 fully saturated rings. The minimum atomic E-state index is -0.417. The normalized spacial score (nSPS) is 32.5. The third-order valence-corrected chi connectivity index (χ3v) is 6.78. The first kappa shape index (κ1) is 18.2. The number of fused-ring (bicyclic) bond motifs is 2. The van der Waals surface area contributed by atoms with E-state index in [4.69, 9.17) is 9.31 Å². The summed E-state index contributed by atoms with van der Waals surface area (Å²) in [6.45, 7) is 8.21. The first-order valence-corrected chi connectivity index (χ1v) is 10.0. The van der Waals surface area contributed by atoms with Crippen LogP contribution >= 0.6 is 0 Å². The lowest BCUT2D eigenvalue weighted by molar-refractivity contribution is 0.00578. The van der Waals surface area contributed by atoms with Gasteiger partial charge in [-0.05, 0) is 58.8 Å². The van der Waals surface area contributed by atoms with E-state index in [0.717, 1.165) is 23.9 Å². The van der Waals surface area contributed by atoms with Crippen LogP contribution in [0, 0.1) is 5.92 Å². The number of rotatable bonds is 3. The Morgan fingerprint density at radius 2 is 1.69 bits per heavy atom. The van der Waals surface area contributed by atoms with Crippen molar-refractivity contribution in [2.24, 2.45) is 5.92 Å². The second-order valence-electron chi connectivity index (χ2n) is 9.24. The molecule has 3 heterocycles. The van der Waals surface area contributed by atoms with Crippen molar-refractivity contribution >= 4 is 18.4 Å². The Hall–Kier alpha value is -1.17. The lowest BCUT2D eigenvalue weighted by Crippen LogP contribution is -2.50. The Kier molecular flexibility index (Phi) is 4.53. The molecular formula is C21H30BNO3. The summed E-state index contributed by atoms with van der Waals surface area (Å²) < 4.78 is 12.3. The standard InChI is InChI=1S/C21H30BNO3/c1-20(2)21(3,4)26-22(25-20)16-8-5-7-14(11-16)19(24)15-12-17-9-6-10-18(13-15)23-17/h5,7-8,11,15,17-18,23H,6,9-10,12-13H2,1-4H3. The maximum absolute atomic E-state index is 13.1. The predicted octanol–water partition coefficient (Wildman–Crippen LogP) is 3.09. The first-order chi connectivity index (χ1) is 12.2. The minimum absolute atomic E-state index is 0.139. The Bertz CT molecular complexity index is 674. The Labute approximate surface area is 157 Å². The molecule has 4 rings (SSSR count). The van der Waals surface area contributed by atoms with E-state index in [9.17, 15) is 4.79 Å². The summed E-state index contributed by atoms with van der Waals surface area (Å²) in [5.41, 5.74) is 0.986. The highest BCUT2D eigenvalue weighted by Crippen LogP contribution is 2.36. The summed E-state index contributed by atoms with van der Waals surface area (Å²) >= 11 is 0. The number of hydrogen-bond acceptors (Lipinski definition) is 4. The number of carbonyl (C=O) groups is 1. The topological polar surface area (TPSA) is 47.6 Å². The fourth-order valence-corrected chi connectivity index (χ4v) is 4.53. The van der Waals surface area contributed by atoms with Crippen LogP contribution in [0.1, 0.15) is 70.2 Å². The van der Waals surface area contributed by atoms with Crippen molar-refractivity contribution in [3.63, 3.8) is 0 Å². The average molecular weight is 355 g/mol. The average Bonchev–Trinajstić information content (AvgIpc) is 2.82. The highest BCUT2D eigenvalue weighted by atomic mass is 16.7. The van der Waals surface area contributed by atoms with Gasteiger partial charge < -0.3 is 14.6 Å². The van der Waals surface area contributed by atoms with E-state index in [0.29, 0.717) is 12.1 Å². The van der Waals surface area contributed by atoms with Gasteiger partial charge in [0.1, 0.15) is 0 Å². The number of nitrogens with one attached hydrogen (secondary N) is 1. The zero-order valence-corrected chi connectivity index (χ0v) is 16.4. The van der Waals surface area contributed by atoms with Gasteiger partial charge in [-0.15, -0.1) is 0 Å². The predicted molar refractivity (Wildman–Crippen MR) is 104 cm³/mol. The molecule has 1 aromatic carbocycles. The lowest BCUT2D eigenvalue weighted by atomic mass is 9.75. The highest BCUT2D eigenvalue weighted by molar-refractivity contribution is 6.62. The van der Waals surface area contributed by atoms with E-state index in [1.165, 1.54) is 19.3 Å². The zero-order valence-electron chi connectivity index (χ0n) is 16.4. The molecule has 26 heavy (non-hydrogen) atoms. The summed E-state index contributed by atoms with van der Waals surface area (Å²) in [6.07, 6.45) is 5.63. The molecule has 3 aliphatic rings. The van der Waals surface area contributed by atoms with Crippen molar-refractivity contribution in [2.75, 3.05) is 0 Å². The van der Waals surface area contributed by atoms with Gasteiger partial charge in [0.25, 0.3) is 0 Å². The lowest BCUT2D eigenvalue weighted by Gasteiger charge is -2.39. The summed E-state index contributed by atoms with van der Waals surface area (Å²) in [4.78, 5) is 13.1. The number of ketones is 1. The van der Waals surface area contributed by atoms with Crippen LogP contribution in [0.15, 0.2) is 24.3 Å². The number of piperidine rings is 2. The Balaban J connectivity index is 1.52. The van der Waals surface area contributed by atoms with Gasteiger partial charge in [-0.25, -0.2) is 0 Å². The van der Waals surface area contributed by atoms with E-state index >= 15 is 0 Å². The van der Waals surface area contributed by atoms with Crippen LogP contribution in [0.3, 0.4) is 0 Å². The van der Waals surface area contributed by atoms with Gasteiger partial charge in [0.2, 0.25) is 0 Å². The molecule has 3 saturated heterocycles. The zero-order chi connectivity index (χ0) is 18.5. The maximum Gasteiger partial charge on any atom is 0.494 e. The third-order valence-electron chi connectivity index (χ3n) is 6.78. The molecule has 0 spiro atoms. The number of benzene rings is 1. The molecule has 0 aliphatic carbocycles. The fraction of sp³-hybridized carbons (Fsp3) is 0.667. The van der Waals surface area contributed by atoms with Gasteiger partial charge in [-0.2, -0.15) is 0 Å². The van der Waals surface area contributed by atoms with Crippen LogP contribution in [0.4, 0.5) is 0 Å². The molecule has 2 bridgehead atoms. The molecule has 1 aromatic rings. The van der Waals surface area contributed by atoms with E-state index in [1.54, 1.807) is 0 Å². The monoisotopic (exact) mass is 355 g/mol. The largest absolute Gasteiger partial charge is 0.494 e. The summed E-state index contributed by atoms with van der Waals surface area (Å²) in [7, 11) is -0.417. The molecule has 1 N–H and O–H groups in total. The third kappa shape index (κ3) is 3.25. The van der Waals surface area contributed by atoms with E-state index in [-0.39, 0.29) is 22.9 Å². The van der Waals surface area contributed by atoms with Crippen LogP contribution in [-0.4, -0.2) is 36.2 Å². The molecule has 5 heteroatoms. The van der Waals surface area contributed by atoms with Crippen LogP contribution < -0.4 is 10.8 Å². The molecule has 3 aliphatic heterocycles. The SMILES string of the molecule is CC1(C)OB(c2cccc(C(=O)C3CC4CCCC(C3)N4)c2)OC1(C)C. The number of carbonyl (C=O) groups excluding carboxylic acids is 1. The van der Waals surface area contributed by atoms with Crippen molar-refractivity contribution in [3.05, 3.63) is 29.8 Å². The van der Waals surface area contributed by atoms with Crippen LogP contribution in [0.25, 0.3) is 0 Å². The van der Waals surface area contributed by atoms with Crippen molar-refractivity contribution in [3.8, 4) is 0 Å². The quantitative estimate of drug-likeness (QED) is 0.669. The molecule has 0 amide bonds. The van der Waals surface area contributed by atoms with E-state index in [1.807, 2.05) is 24.3 Å². The minimum Gasteiger partial charge on any atom is -0.399 e. The molecule has 140 valence electrons. The fourth-order valence-electron chi connectivity index (χ4n) is 4.53. The van der Waals surface area contributed by atoms with Gasteiger partial charge in [0.15, 0.2) is 5.78 Å². The second kappa shape index (κ2) is 6.47. The Morgan fingerprint density at radius 1 is 1.08 bits per heavy atom. The van der Waals surface area contributed by atoms with Crippen molar-refractivity contribution in [1.82, 2.24) is 5.32 Å². The van der Waals surface area contributed by atoms with Crippen LogP contribution in [-0.2, 0) is 9.31 Å². The molecule has 2 unspecified atom stereocenters. The van der Waals surface area contributed by atoms with Gasteiger partial charge in [0, 0.05) is 23.6 Å². The van der Waals surface area contributed by atoms with E-state index in [2.05, 4.69) is 33.0 Å². The van der Waals surface area contributed by atoms with Crippen molar-refractivity contribution in [2.45, 2.75) is 83.1 Å². The molecule has 2 atom stereocenters. The van der Waals surface area contributed by atoms with Gasteiger partial charge >= 0.3 is 7.12 Å². The molecule has 0 saturated carbocycles. The maximum atomic E-state index is 13.1. The molecular weight excluding hydrogens is 325 g/mol. The molecule has 0 radical (unpaired) electrons. The first-order valence-electron chi connectivity index (χ1n) is 10.0. The summed E-state index contributed by atoms with van der Waals surface area (Å²) in [5.74, 6) is 0.418. The molecule has 4 nitrogen and oxygen atoms in total. The van der Waals surface area contributed by atoms with Gasteiger partial charge in [-0.1, -0.05) is 30.7 Å². The Morgan fingerprint density at radius 3 is 2.31 bits per heavy atom. The van der Waals surface area contributed by atoms with Gasteiger partial charge in [0.05, 0.1) is 11.2 Å². The highest BCUT2D eigenvalue weighted by Gasteiger charge is 2.51. The van der Waals surface area contributed by atoms with Crippen LogP contribution in [0.2, 0.25) is 0 Å². The van der Waals surface area contributed by atoms with E-state index < -0.39 is 7.12 Å². The van der Waals surface area contributed by atoms with Crippen molar-refractivity contribution < 1.29 is 14.1 Å². The second-order valence-corrected chi connectivity index (χ2v) is 9.24. The number of hydrogen-bond donors (Lipinski definition) is 1. The summed E-state index contributed by atoms with van der Waals surface area (Å²) in [5, 5.41) is 3.67. The number of Topliss-reactive ketones (excluding diaryl/α,β-unsaturated/α-hetero) is 1.